The summed E-state index contributed by atoms with van der Waals surface area (Å²) in [6.45, 7) is 3.01. The molecule has 7 heteroatoms. The molecule has 0 atom stereocenters. The first-order valence-corrected chi connectivity index (χ1v) is 9.33. The number of pyridine rings is 1. The van der Waals surface area contributed by atoms with Gasteiger partial charge in [-0.15, -0.1) is 10.2 Å². The van der Waals surface area contributed by atoms with Crippen LogP contribution in [0.15, 0.2) is 47.9 Å². The van der Waals surface area contributed by atoms with Crippen molar-refractivity contribution >= 4 is 35.0 Å². The van der Waals surface area contributed by atoms with Crippen LogP contribution in [0.4, 0.5) is 0 Å². The van der Waals surface area contributed by atoms with Crippen molar-refractivity contribution in [2.75, 3.05) is 0 Å². The van der Waals surface area contributed by atoms with Gasteiger partial charge in [-0.3, -0.25) is 4.98 Å². The summed E-state index contributed by atoms with van der Waals surface area (Å²) >= 11 is 13.7. The number of aromatic nitrogens is 4. The van der Waals surface area contributed by atoms with Gasteiger partial charge in [0.15, 0.2) is 11.0 Å². The van der Waals surface area contributed by atoms with Gasteiger partial charge in [0.1, 0.15) is 0 Å². The fourth-order valence-electron chi connectivity index (χ4n) is 2.31. The third-order valence-corrected chi connectivity index (χ3v) is 5.23. The first-order chi connectivity index (χ1) is 11.7. The highest BCUT2D eigenvalue weighted by atomic mass is 35.5. The fraction of sp³-hybridized carbons (Fsp3) is 0.235. The molecule has 0 fully saturated rings. The smallest absolute Gasteiger partial charge is 0.191 e. The SMILES string of the molecule is CCCn1c(SCc2ccc(Cl)c(Cl)c2)nnc1-c1ccncc1. The predicted octanol–water partition coefficient (Wildman–Crippen LogP) is 5.35. The van der Waals surface area contributed by atoms with Crippen LogP contribution in [0, 0.1) is 0 Å². The van der Waals surface area contributed by atoms with Crippen molar-refractivity contribution < 1.29 is 0 Å². The second kappa shape index (κ2) is 8.01. The van der Waals surface area contributed by atoms with E-state index in [1.807, 2.05) is 30.3 Å². The summed E-state index contributed by atoms with van der Waals surface area (Å²) in [5, 5.41) is 10.8. The molecule has 2 aromatic heterocycles. The molecule has 24 heavy (non-hydrogen) atoms. The number of hydrogen-bond donors (Lipinski definition) is 0. The van der Waals surface area contributed by atoms with Crippen LogP contribution in [-0.2, 0) is 12.3 Å². The molecule has 0 spiro atoms. The van der Waals surface area contributed by atoms with Gasteiger partial charge in [0, 0.05) is 30.3 Å². The van der Waals surface area contributed by atoms with Crippen LogP contribution in [0.2, 0.25) is 10.0 Å². The van der Waals surface area contributed by atoms with Crippen LogP contribution in [0.25, 0.3) is 11.4 Å². The minimum Gasteiger partial charge on any atom is -0.302 e. The molecule has 0 radical (unpaired) electrons. The van der Waals surface area contributed by atoms with Gasteiger partial charge in [-0.05, 0) is 36.2 Å². The molecule has 0 aliphatic rings. The molecule has 2 heterocycles. The van der Waals surface area contributed by atoms with Crippen LogP contribution < -0.4 is 0 Å². The van der Waals surface area contributed by atoms with Gasteiger partial charge < -0.3 is 4.57 Å². The van der Waals surface area contributed by atoms with Crippen LogP contribution in [0.5, 0.6) is 0 Å². The normalized spacial score (nSPS) is 11.0. The van der Waals surface area contributed by atoms with E-state index in [1.165, 1.54) is 0 Å². The second-order valence-corrected chi connectivity index (χ2v) is 6.99. The highest BCUT2D eigenvalue weighted by Crippen LogP contribution is 2.29. The molecule has 0 aliphatic carbocycles. The first kappa shape index (κ1) is 17.3. The first-order valence-electron chi connectivity index (χ1n) is 7.59. The summed E-state index contributed by atoms with van der Waals surface area (Å²) in [5.41, 5.74) is 2.12. The maximum absolute atomic E-state index is 6.08. The third-order valence-electron chi connectivity index (χ3n) is 3.45. The Bertz CT molecular complexity index is 821. The summed E-state index contributed by atoms with van der Waals surface area (Å²) in [4.78, 5) is 4.06. The van der Waals surface area contributed by atoms with Gasteiger partial charge in [-0.2, -0.15) is 0 Å². The molecule has 4 nitrogen and oxygen atoms in total. The molecule has 0 saturated carbocycles. The van der Waals surface area contributed by atoms with E-state index in [0.717, 1.165) is 40.8 Å². The van der Waals surface area contributed by atoms with Crippen molar-refractivity contribution in [3.8, 4) is 11.4 Å². The number of halogens is 2. The quantitative estimate of drug-likeness (QED) is 0.542. The van der Waals surface area contributed by atoms with E-state index >= 15 is 0 Å². The van der Waals surface area contributed by atoms with Crippen molar-refractivity contribution in [3.63, 3.8) is 0 Å². The van der Waals surface area contributed by atoms with E-state index in [9.17, 15) is 0 Å². The molecule has 0 N–H and O–H groups in total. The Hall–Kier alpha value is -1.56. The predicted molar refractivity (Wildman–Crippen MR) is 99.6 cm³/mol. The highest BCUT2D eigenvalue weighted by Gasteiger charge is 2.14. The molecule has 3 rings (SSSR count). The summed E-state index contributed by atoms with van der Waals surface area (Å²) in [6, 6.07) is 9.58. The summed E-state index contributed by atoms with van der Waals surface area (Å²) in [7, 11) is 0. The molecular formula is C17H16Cl2N4S. The van der Waals surface area contributed by atoms with Crippen molar-refractivity contribution in [3.05, 3.63) is 58.3 Å². The van der Waals surface area contributed by atoms with Crippen molar-refractivity contribution in [2.45, 2.75) is 30.8 Å². The molecule has 1 aromatic carbocycles. The minimum atomic E-state index is 0.569. The maximum atomic E-state index is 6.08. The Balaban J connectivity index is 1.82. The highest BCUT2D eigenvalue weighted by molar-refractivity contribution is 7.98. The van der Waals surface area contributed by atoms with E-state index in [-0.39, 0.29) is 0 Å². The zero-order valence-corrected chi connectivity index (χ0v) is 15.4. The molecular weight excluding hydrogens is 363 g/mol. The Morgan fingerprint density at radius 3 is 2.54 bits per heavy atom. The van der Waals surface area contributed by atoms with E-state index in [2.05, 4.69) is 26.7 Å². The molecule has 124 valence electrons. The molecule has 0 aliphatic heterocycles. The topological polar surface area (TPSA) is 43.6 Å². The number of thioether (sulfide) groups is 1. The Morgan fingerprint density at radius 2 is 1.83 bits per heavy atom. The van der Waals surface area contributed by atoms with Gasteiger partial charge in [0.25, 0.3) is 0 Å². The number of hydrogen-bond acceptors (Lipinski definition) is 4. The third kappa shape index (κ3) is 3.91. The molecule has 3 aromatic rings. The van der Waals surface area contributed by atoms with Gasteiger partial charge in [0.05, 0.1) is 10.0 Å². The molecule has 0 unspecified atom stereocenters. The van der Waals surface area contributed by atoms with Gasteiger partial charge in [0.2, 0.25) is 0 Å². The monoisotopic (exact) mass is 378 g/mol. The Morgan fingerprint density at radius 1 is 1.04 bits per heavy atom. The van der Waals surface area contributed by atoms with Gasteiger partial charge in [-0.1, -0.05) is 48.0 Å². The van der Waals surface area contributed by atoms with E-state index in [0.29, 0.717) is 10.0 Å². The summed E-state index contributed by atoms with van der Waals surface area (Å²) in [5.74, 6) is 1.63. The Labute approximate surface area is 155 Å². The zero-order chi connectivity index (χ0) is 16.9. The molecule has 0 saturated heterocycles. The lowest BCUT2D eigenvalue weighted by molar-refractivity contribution is 0.626. The van der Waals surface area contributed by atoms with E-state index < -0.39 is 0 Å². The average molecular weight is 379 g/mol. The van der Waals surface area contributed by atoms with E-state index in [4.69, 9.17) is 23.2 Å². The fourth-order valence-corrected chi connectivity index (χ4v) is 3.54. The summed E-state index contributed by atoms with van der Waals surface area (Å²) in [6.07, 6.45) is 4.54. The summed E-state index contributed by atoms with van der Waals surface area (Å²) < 4.78 is 2.15. The van der Waals surface area contributed by atoms with Crippen molar-refractivity contribution in [1.29, 1.82) is 0 Å². The van der Waals surface area contributed by atoms with Crippen LogP contribution in [0.3, 0.4) is 0 Å². The maximum Gasteiger partial charge on any atom is 0.191 e. The second-order valence-electron chi connectivity index (χ2n) is 5.23. The standard InChI is InChI=1S/C17H16Cl2N4S/c1-2-9-23-16(13-5-7-20-8-6-13)21-22-17(23)24-11-12-3-4-14(18)15(19)10-12/h3-8,10H,2,9,11H2,1H3. The lowest BCUT2D eigenvalue weighted by Crippen LogP contribution is -2.02. The Kier molecular flexibility index (Phi) is 5.76. The zero-order valence-electron chi connectivity index (χ0n) is 13.1. The number of benzene rings is 1. The van der Waals surface area contributed by atoms with Crippen molar-refractivity contribution in [1.82, 2.24) is 19.7 Å². The van der Waals surface area contributed by atoms with Crippen LogP contribution in [0.1, 0.15) is 18.9 Å². The largest absolute Gasteiger partial charge is 0.302 e. The molecule has 0 amide bonds. The van der Waals surface area contributed by atoms with Crippen LogP contribution >= 0.6 is 35.0 Å². The van der Waals surface area contributed by atoms with E-state index in [1.54, 1.807) is 24.2 Å². The lowest BCUT2D eigenvalue weighted by Gasteiger charge is -2.09. The number of nitrogens with zero attached hydrogens (tertiary/aromatic N) is 4. The molecule has 0 bridgehead atoms. The minimum absolute atomic E-state index is 0.569. The number of rotatable bonds is 6. The lowest BCUT2D eigenvalue weighted by atomic mass is 10.2. The van der Waals surface area contributed by atoms with Crippen molar-refractivity contribution in [2.24, 2.45) is 0 Å². The van der Waals surface area contributed by atoms with Gasteiger partial charge >= 0.3 is 0 Å². The van der Waals surface area contributed by atoms with Crippen LogP contribution in [-0.4, -0.2) is 19.7 Å². The average Bonchev–Trinajstić information content (AvgIpc) is 3.00. The van der Waals surface area contributed by atoms with Gasteiger partial charge in [-0.25, -0.2) is 0 Å².